The number of hydrogen-bond acceptors (Lipinski definition) is 6. The molecule has 0 aromatic rings. The van der Waals surface area contributed by atoms with E-state index in [2.05, 4.69) is 16.1 Å². The third-order valence-electron chi connectivity index (χ3n) is 3.59. The second-order valence-electron chi connectivity index (χ2n) is 6.76. The number of amides is 2. The van der Waals surface area contributed by atoms with Crippen molar-refractivity contribution in [1.29, 1.82) is 0 Å². The van der Waals surface area contributed by atoms with Gasteiger partial charge < -0.3 is 15.4 Å². The lowest BCUT2D eigenvalue weighted by molar-refractivity contribution is -0.139. The van der Waals surface area contributed by atoms with Crippen molar-refractivity contribution in [2.24, 2.45) is 0 Å². The molecule has 0 radical (unpaired) electrons. The Bertz CT molecular complexity index is 397. The second-order valence-corrected chi connectivity index (χ2v) is 6.76. The number of nitrogens with zero attached hydrogens (tertiary/aromatic N) is 1. The molecular weight excluding hydrogens is 300 g/mol. The highest BCUT2D eigenvalue weighted by Crippen LogP contribution is 2.15. The highest BCUT2D eigenvalue weighted by Gasteiger charge is 2.30. The van der Waals surface area contributed by atoms with Crippen LogP contribution >= 0.6 is 0 Å². The third kappa shape index (κ3) is 7.62. The van der Waals surface area contributed by atoms with Crippen molar-refractivity contribution in [1.82, 2.24) is 21.0 Å². The van der Waals surface area contributed by atoms with E-state index in [1.54, 1.807) is 20.8 Å². The fourth-order valence-corrected chi connectivity index (χ4v) is 2.42. The van der Waals surface area contributed by atoms with Crippen molar-refractivity contribution in [3.63, 3.8) is 0 Å². The Morgan fingerprint density at radius 3 is 2.52 bits per heavy atom. The van der Waals surface area contributed by atoms with E-state index in [1.807, 2.05) is 19.0 Å². The molecule has 8 heteroatoms. The number of carbonyl (C=O) groups excluding carboxylic acids is 2. The van der Waals surface area contributed by atoms with Gasteiger partial charge in [0.2, 0.25) is 0 Å². The van der Waals surface area contributed by atoms with Gasteiger partial charge in [-0.2, -0.15) is 0 Å². The Labute approximate surface area is 138 Å². The first kappa shape index (κ1) is 19.7. The molecule has 1 aliphatic rings. The summed E-state index contributed by atoms with van der Waals surface area (Å²) in [6.45, 7) is 6.65. The van der Waals surface area contributed by atoms with Gasteiger partial charge in [-0.1, -0.05) is 0 Å². The SMILES string of the molecule is CN[C@@H]1CC[C@@H](C(=O)NOCCNC(=O)OC(C)(C)C)N(C)C1. The van der Waals surface area contributed by atoms with Crippen molar-refractivity contribution in [3.05, 3.63) is 0 Å². The van der Waals surface area contributed by atoms with Gasteiger partial charge in [0, 0.05) is 19.1 Å². The van der Waals surface area contributed by atoms with Gasteiger partial charge in [-0.25, -0.2) is 10.3 Å². The van der Waals surface area contributed by atoms with E-state index in [0.717, 1.165) is 19.4 Å². The van der Waals surface area contributed by atoms with Gasteiger partial charge in [-0.05, 0) is 47.7 Å². The lowest BCUT2D eigenvalue weighted by Gasteiger charge is -2.35. The summed E-state index contributed by atoms with van der Waals surface area (Å²) in [5.74, 6) is -0.153. The summed E-state index contributed by atoms with van der Waals surface area (Å²) >= 11 is 0. The van der Waals surface area contributed by atoms with E-state index in [4.69, 9.17) is 9.57 Å². The van der Waals surface area contributed by atoms with Crippen LogP contribution in [0.15, 0.2) is 0 Å². The van der Waals surface area contributed by atoms with Gasteiger partial charge in [0.15, 0.2) is 0 Å². The molecule has 2 amide bonds. The normalized spacial score (nSPS) is 22.5. The molecule has 0 bridgehead atoms. The first-order valence-corrected chi connectivity index (χ1v) is 7.99. The molecule has 134 valence electrons. The Morgan fingerprint density at radius 2 is 1.96 bits per heavy atom. The lowest BCUT2D eigenvalue weighted by Crippen LogP contribution is -2.53. The maximum atomic E-state index is 12.1. The minimum Gasteiger partial charge on any atom is -0.444 e. The van der Waals surface area contributed by atoms with E-state index in [1.165, 1.54) is 0 Å². The largest absolute Gasteiger partial charge is 0.444 e. The summed E-state index contributed by atoms with van der Waals surface area (Å²) in [7, 11) is 3.86. The minimum atomic E-state index is -0.532. The van der Waals surface area contributed by atoms with Gasteiger partial charge in [0.05, 0.1) is 12.6 Å². The summed E-state index contributed by atoms with van der Waals surface area (Å²) < 4.78 is 5.09. The number of likely N-dealkylation sites (tertiary alicyclic amines) is 1. The Hall–Kier alpha value is -1.38. The number of nitrogens with one attached hydrogen (secondary N) is 3. The molecule has 1 saturated heterocycles. The van der Waals surface area contributed by atoms with Crippen molar-refractivity contribution in [2.45, 2.75) is 51.3 Å². The average molecular weight is 330 g/mol. The van der Waals surface area contributed by atoms with E-state index >= 15 is 0 Å². The average Bonchev–Trinajstić information content (AvgIpc) is 2.44. The third-order valence-corrected chi connectivity index (χ3v) is 3.59. The Kier molecular flexibility index (Phi) is 7.74. The molecule has 0 saturated carbocycles. The second kappa shape index (κ2) is 9.05. The number of hydroxylamine groups is 1. The fourth-order valence-electron chi connectivity index (χ4n) is 2.42. The molecule has 8 nitrogen and oxygen atoms in total. The van der Waals surface area contributed by atoms with Gasteiger partial charge in [-0.3, -0.25) is 14.5 Å². The molecule has 2 atom stereocenters. The Balaban J connectivity index is 2.16. The van der Waals surface area contributed by atoms with Crippen LogP contribution in [0, 0.1) is 0 Å². The van der Waals surface area contributed by atoms with Crippen molar-refractivity contribution in [2.75, 3.05) is 33.8 Å². The van der Waals surface area contributed by atoms with Crippen LogP contribution in [0.2, 0.25) is 0 Å². The highest BCUT2D eigenvalue weighted by molar-refractivity contribution is 5.80. The number of piperidine rings is 1. The predicted octanol–water partition coefficient (Wildman–Crippen LogP) is 0.241. The topological polar surface area (TPSA) is 91.9 Å². The summed E-state index contributed by atoms with van der Waals surface area (Å²) in [4.78, 5) is 30.6. The number of rotatable bonds is 6. The molecule has 1 fully saturated rings. The van der Waals surface area contributed by atoms with Crippen LogP contribution in [0.1, 0.15) is 33.6 Å². The zero-order chi connectivity index (χ0) is 17.5. The maximum absolute atomic E-state index is 12.1. The number of likely N-dealkylation sites (N-methyl/N-ethyl adjacent to an activating group) is 2. The zero-order valence-electron chi connectivity index (χ0n) is 14.8. The van der Waals surface area contributed by atoms with Crippen molar-refractivity contribution in [3.8, 4) is 0 Å². The van der Waals surface area contributed by atoms with E-state index < -0.39 is 11.7 Å². The molecule has 23 heavy (non-hydrogen) atoms. The van der Waals surface area contributed by atoms with Gasteiger partial charge in [0.1, 0.15) is 5.60 Å². The van der Waals surface area contributed by atoms with Crippen LogP contribution < -0.4 is 16.1 Å². The number of alkyl carbamates (subject to hydrolysis) is 1. The monoisotopic (exact) mass is 330 g/mol. The number of hydrogen-bond donors (Lipinski definition) is 3. The van der Waals surface area contributed by atoms with E-state index in [9.17, 15) is 9.59 Å². The molecule has 0 aromatic carbocycles. The number of ether oxygens (including phenoxy) is 1. The van der Waals surface area contributed by atoms with Gasteiger partial charge in [-0.15, -0.1) is 0 Å². The molecular formula is C15H30N4O4. The first-order chi connectivity index (χ1) is 10.7. The van der Waals surface area contributed by atoms with E-state index in [0.29, 0.717) is 6.04 Å². The van der Waals surface area contributed by atoms with Crippen LogP contribution in [0.4, 0.5) is 4.79 Å². The fraction of sp³-hybridized carbons (Fsp3) is 0.867. The summed E-state index contributed by atoms with van der Waals surface area (Å²) in [5.41, 5.74) is 1.91. The van der Waals surface area contributed by atoms with Crippen molar-refractivity contribution >= 4 is 12.0 Å². The molecule has 0 unspecified atom stereocenters. The predicted molar refractivity (Wildman–Crippen MR) is 86.8 cm³/mol. The quantitative estimate of drug-likeness (QED) is 0.477. The summed E-state index contributed by atoms with van der Waals surface area (Å²) in [6, 6.07) is 0.237. The van der Waals surface area contributed by atoms with Crippen LogP contribution in [-0.2, 0) is 14.4 Å². The summed E-state index contributed by atoms with van der Waals surface area (Å²) in [6.07, 6.45) is 1.24. The molecule has 0 spiro atoms. The van der Waals surface area contributed by atoms with E-state index in [-0.39, 0.29) is 25.1 Å². The minimum absolute atomic E-state index is 0.153. The van der Waals surface area contributed by atoms with Gasteiger partial charge >= 0.3 is 6.09 Å². The van der Waals surface area contributed by atoms with Crippen LogP contribution in [0.25, 0.3) is 0 Å². The molecule has 1 rings (SSSR count). The molecule has 1 heterocycles. The maximum Gasteiger partial charge on any atom is 0.407 e. The lowest BCUT2D eigenvalue weighted by atomic mass is 9.98. The smallest absolute Gasteiger partial charge is 0.407 e. The first-order valence-electron chi connectivity index (χ1n) is 7.99. The van der Waals surface area contributed by atoms with Crippen LogP contribution in [-0.4, -0.2) is 68.4 Å². The summed E-state index contributed by atoms with van der Waals surface area (Å²) in [5, 5.41) is 5.78. The highest BCUT2D eigenvalue weighted by atomic mass is 16.7. The van der Waals surface area contributed by atoms with Crippen LogP contribution in [0.3, 0.4) is 0 Å². The molecule has 1 aliphatic heterocycles. The zero-order valence-corrected chi connectivity index (χ0v) is 14.8. The van der Waals surface area contributed by atoms with Gasteiger partial charge in [0.25, 0.3) is 5.91 Å². The molecule has 3 N–H and O–H groups in total. The van der Waals surface area contributed by atoms with Crippen molar-refractivity contribution < 1.29 is 19.2 Å². The Morgan fingerprint density at radius 1 is 1.26 bits per heavy atom. The van der Waals surface area contributed by atoms with Crippen LogP contribution in [0.5, 0.6) is 0 Å². The standard InChI is InChI=1S/C15H30N4O4/c1-15(2,3)23-14(21)17-8-9-22-18-13(20)12-7-6-11(16-4)10-19(12)5/h11-12,16H,6-10H2,1-5H3,(H,17,21)(H,18,20)/t11-,12+/m1/s1. The number of carbonyl (C=O) groups is 2. The molecule has 0 aromatic heterocycles. The molecule has 0 aliphatic carbocycles.